The second kappa shape index (κ2) is 6.44. The number of nitrogens with zero attached hydrogens (tertiary/aromatic N) is 4. The molecule has 0 aliphatic rings. The molecule has 0 saturated carbocycles. The van der Waals surface area contributed by atoms with Gasteiger partial charge in [-0.05, 0) is 37.3 Å². The van der Waals surface area contributed by atoms with Crippen LogP contribution in [0.4, 0.5) is 0 Å². The minimum Gasteiger partial charge on any atom is -0.451 e. The van der Waals surface area contributed by atoms with E-state index in [4.69, 9.17) is 8.94 Å². The quantitative estimate of drug-likeness (QED) is 0.561. The van der Waals surface area contributed by atoms with Gasteiger partial charge >= 0.3 is 0 Å². The maximum Gasteiger partial charge on any atom is 0.289 e. The number of furan rings is 1. The van der Waals surface area contributed by atoms with Crippen molar-refractivity contribution < 1.29 is 13.7 Å². The van der Waals surface area contributed by atoms with E-state index in [-0.39, 0.29) is 18.2 Å². The molecule has 4 rings (SSSR count). The first-order chi connectivity index (χ1) is 12.6. The normalized spacial score (nSPS) is 11.0. The number of hydrogen-bond acceptors (Lipinski definition) is 6. The third kappa shape index (κ3) is 3.06. The predicted octanol–water partition coefficient (Wildman–Crippen LogP) is 3.46. The first kappa shape index (κ1) is 16.0. The van der Waals surface area contributed by atoms with Crippen LogP contribution in [0, 0.1) is 6.92 Å². The second-order valence-electron chi connectivity index (χ2n) is 6.06. The van der Waals surface area contributed by atoms with Crippen LogP contribution in [-0.2, 0) is 6.54 Å². The fraction of sp³-hybridized carbons (Fsp3) is 0.158. The lowest BCUT2D eigenvalue weighted by Gasteiger charge is -2.12. The van der Waals surface area contributed by atoms with Gasteiger partial charge in [0.1, 0.15) is 12.1 Å². The second-order valence-corrected chi connectivity index (χ2v) is 6.06. The Hall–Kier alpha value is -3.48. The van der Waals surface area contributed by atoms with Crippen LogP contribution in [0.3, 0.4) is 0 Å². The summed E-state index contributed by atoms with van der Waals surface area (Å²) in [6, 6.07) is 11.1. The smallest absolute Gasteiger partial charge is 0.289 e. The van der Waals surface area contributed by atoms with Crippen molar-refractivity contribution in [3.8, 4) is 11.4 Å². The first-order valence-corrected chi connectivity index (χ1v) is 8.09. The van der Waals surface area contributed by atoms with Gasteiger partial charge < -0.3 is 13.8 Å². The molecule has 3 heterocycles. The number of aromatic nitrogens is 3. The lowest BCUT2D eigenvalue weighted by Crippen LogP contribution is -2.25. The highest BCUT2D eigenvalue weighted by Gasteiger charge is 2.19. The highest BCUT2D eigenvalue weighted by molar-refractivity contribution is 5.96. The molecular formula is C19H16N4O3. The Morgan fingerprint density at radius 1 is 1.15 bits per heavy atom. The molecule has 3 aromatic heterocycles. The number of fused-ring (bicyclic) bond motifs is 1. The van der Waals surface area contributed by atoms with Crippen molar-refractivity contribution in [2.45, 2.75) is 13.5 Å². The lowest BCUT2D eigenvalue weighted by molar-refractivity contribution is 0.0740. The van der Waals surface area contributed by atoms with Gasteiger partial charge in [0.25, 0.3) is 5.91 Å². The van der Waals surface area contributed by atoms with E-state index in [0.717, 1.165) is 16.5 Å². The molecule has 7 nitrogen and oxygen atoms in total. The van der Waals surface area contributed by atoms with Crippen LogP contribution in [0.15, 0.2) is 57.7 Å². The van der Waals surface area contributed by atoms with Crippen molar-refractivity contribution in [3.05, 3.63) is 66.0 Å². The Kier molecular flexibility index (Phi) is 3.96. The number of benzene rings is 1. The molecule has 0 aliphatic carbocycles. The fourth-order valence-corrected chi connectivity index (χ4v) is 2.67. The summed E-state index contributed by atoms with van der Waals surface area (Å²) in [4.78, 5) is 22.4. The SMILES string of the molecule is Cc1ccc2oc(C(=O)N(C)Cc3nc(-c4ccncc4)no3)cc2c1. The van der Waals surface area contributed by atoms with Crippen molar-refractivity contribution in [3.63, 3.8) is 0 Å². The zero-order valence-corrected chi connectivity index (χ0v) is 14.3. The molecule has 1 aromatic carbocycles. The van der Waals surface area contributed by atoms with Crippen LogP contribution in [0.2, 0.25) is 0 Å². The van der Waals surface area contributed by atoms with Crippen LogP contribution in [0.5, 0.6) is 0 Å². The minimum atomic E-state index is -0.248. The number of hydrogen-bond donors (Lipinski definition) is 0. The maximum absolute atomic E-state index is 12.6. The van der Waals surface area contributed by atoms with Gasteiger partial charge in [0.15, 0.2) is 5.76 Å². The van der Waals surface area contributed by atoms with Crippen molar-refractivity contribution in [1.82, 2.24) is 20.0 Å². The standard InChI is InChI=1S/C19H16N4O3/c1-12-3-4-15-14(9-12)10-16(25-15)19(24)23(2)11-17-21-18(22-26-17)13-5-7-20-8-6-13/h3-10H,11H2,1-2H3. The van der Waals surface area contributed by atoms with Crippen molar-refractivity contribution in [1.29, 1.82) is 0 Å². The zero-order valence-electron chi connectivity index (χ0n) is 14.3. The summed E-state index contributed by atoms with van der Waals surface area (Å²) >= 11 is 0. The van der Waals surface area contributed by atoms with E-state index in [2.05, 4.69) is 15.1 Å². The monoisotopic (exact) mass is 348 g/mol. The van der Waals surface area contributed by atoms with E-state index in [9.17, 15) is 4.79 Å². The maximum atomic E-state index is 12.6. The van der Waals surface area contributed by atoms with E-state index >= 15 is 0 Å². The van der Waals surface area contributed by atoms with Gasteiger partial charge in [-0.3, -0.25) is 9.78 Å². The third-order valence-corrected chi connectivity index (χ3v) is 4.01. The summed E-state index contributed by atoms with van der Waals surface area (Å²) in [7, 11) is 1.66. The number of rotatable bonds is 4. The molecule has 0 fully saturated rings. The minimum absolute atomic E-state index is 0.187. The molecule has 0 atom stereocenters. The highest BCUT2D eigenvalue weighted by atomic mass is 16.5. The first-order valence-electron chi connectivity index (χ1n) is 8.09. The van der Waals surface area contributed by atoms with Gasteiger partial charge in [-0.25, -0.2) is 0 Å². The summed E-state index contributed by atoms with van der Waals surface area (Å²) in [5.74, 6) is 0.839. The average molecular weight is 348 g/mol. The van der Waals surface area contributed by atoms with Crippen molar-refractivity contribution in [2.24, 2.45) is 0 Å². The summed E-state index contributed by atoms with van der Waals surface area (Å²) in [5, 5.41) is 4.84. The summed E-state index contributed by atoms with van der Waals surface area (Å²) < 4.78 is 10.9. The van der Waals surface area contributed by atoms with Crippen LogP contribution in [-0.4, -0.2) is 33.0 Å². The van der Waals surface area contributed by atoms with E-state index in [1.807, 2.05) is 25.1 Å². The topological polar surface area (TPSA) is 85.3 Å². The molecule has 0 saturated heterocycles. The number of carbonyl (C=O) groups excluding carboxylic acids is 1. The molecule has 0 radical (unpaired) electrons. The molecule has 4 aromatic rings. The Morgan fingerprint density at radius 2 is 1.96 bits per heavy atom. The van der Waals surface area contributed by atoms with Crippen LogP contribution >= 0.6 is 0 Å². The van der Waals surface area contributed by atoms with E-state index < -0.39 is 0 Å². The molecule has 0 bridgehead atoms. The molecular weight excluding hydrogens is 332 g/mol. The highest BCUT2D eigenvalue weighted by Crippen LogP contribution is 2.22. The van der Waals surface area contributed by atoms with Crippen LogP contribution in [0.25, 0.3) is 22.4 Å². The zero-order chi connectivity index (χ0) is 18.1. The van der Waals surface area contributed by atoms with Gasteiger partial charge in [0.2, 0.25) is 11.7 Å². The number of aryl methyl sites for hydroxylation is 1. The number of pyridine rings is 1. The Bertz CT molecular complexity index is 1070. The van der Waals surface area contributed by atoms with Crippen LogP contribution < -0.4 is 0 Å². The summed E-state index contributed by atoms with van der Waals surface area (Å²) in [6.07, 6.45) is 3.31. The fourth-order valence-electron chi connectivity index (χ4n) is 2.67. The largest absolute Gasteiger partial charge is 0.451 e. The Balaban J connectivity index is 1.51. The van der Waals surface area contributed by atoms with E-state index in [1.54, 1.807) is 37.6 Å². The van der Waals surface area contributed by atoms with Crippen molar-refractivity contribution in [2.75, 3.05) is 7.05 Å². The molecule has 26 heavy (non-hydrogen) atoms. The number of amides is 1. The number of carbonyl (C=O) groups is 1. The van der Waals surface area contributed by atoms with Gasteiger partial charge in [-0.2, -0.15) is 4.98 Å². The Labute approximate surface area is 149 Å². The molecule has 1 amide bonds. The Morgan fingerprint density at radius 3 is 2.77 bits per heavy atom. The van der Waals surface area contributed by atoms with Crippen molar-refractivity contribution >= 4 is 16.9 Å². The molecule has 0 spiro atoms. The summed E-state index contributed by atoms with van der Waals surface area (Å²) in [6.45, 7) is 2.18. The van der Waals surface area contributed by atoms with Gasteiger partial charge in [0.05, 0.1) is 0 Å². The molecule has 130 valence electrons. The molecule has 7 heteroatoms. The summed E-state index contributed by atoms with van der Waals surface area (Å²) in [5.41, 5.74) is 2.60. The predicted molar refractivity (Wildman–Crippen MR) is 94.3 cm³/mol. The van der Waals surface area contributed by atoms with Gasteiger partial charge in [-0.1, -0.05) is 16.8 Å². The molecule has 0 unspecified atom stereocenters. The van der Waals surface area contributed by atoms with Crippen LogP contribution in [0.1, 0.15) is 22.0 Å². The molecule has 0 N–H and O–H groups in total. The molecule has 0 aliphatic heterocycles. The third-order valence-electron chi connectivity index (χ3n) is 4.01. The average Bonchev–Trinajstić information content (AvgIpc) is 3.28. The van der Waals surface area contributed by atoms with Gasteiger partial charge in [0, 0.05) is 30.4 Å². The lowest BCUT2D eigenvalue weighted by atomic mass is 10.2. The van der Waals surface area contributed by atoms with E-state index in [1.165, 1.54) is 4.90 Å². The van der Waals surface area contributed by atoms with E-state index in [0.29, 0.717) is 17.3 Å². The van der Waals surface area contributed by atoms with Gasteiger partial charge in [-0.15, -0.1) is 0 Å².